The number of ketones is 1. The number of nitrogens with one attached hydrogen (secondary N) is 1. The van der Waals surface area contributed by atoms with Crippen LogP contribution in [0.2, 0.25) is 0 Å². The number of Topliss-reactive ketones (excluding diaryl/α,β-unsaturated/α-hetero) is 1. The second kappa shape index (κ2) is 5.52. The molecule has 1 aromatic rings. The summed E-state index contributed by atoms with van der Waals surface area (Å²) in [5.74, 6) is -0.116. The number of nitro groups is 1. The molecule has 0 saturated heterocycles. The average molecular weight is 366 g/mol. The van der Waals surface area contributed by atoms with Crippen LogP contribution in [0.15, 0.2) is 18.2 Å². The van der Waals surface area contributed by atoms with Crippen LogP contribution in [0, 0.1) is 33.8 Å². The zero-order valence-corrected chi connectivity index (χ0v) is 15.4. The molecule has 2 fully saturated rings. The molecular formula is C17H22N2O5S. The van der Waals surface area contributed by atoms with Crippen LogP contribution in [0.1, 0.15) is 38.7 Å². The lowest BCUT2D eigenvalue weighted by Crippen LogP contribution is -2.43. The van der Waals surface area contributed by atoms with Crippen LogP contribution < -0.4 is 4.72 Å². The Hall–Kier alpha value is -1.96. The minimum atomic E-state index is -3.92. The summed E-state index contributed by atoms with van der Waals surface area (Å²) in [7, 11) is -3.92. The highest BCUT2D eigenvalue weighted by Crippen LogP contribution is 2.64. The molecule has 1 aromatic carbocycles. The van der Waals surface area contributed by atoms with Crippen molar-refractivity contribution < 1.29 is 18.1 Å². The molecule has 2 aliphatic carbocycles. The number of aryl methyl sites for hydroxylation is 1. The normalized spacial score (nSPS) is 27.5. The Morgan fingerprint density at radius 1 is 1.36 bits per heavy atom. The maximum Gasteiger partial charge on any atom is 0.293 e. The summed E-state index contributed by atoms with van der Waals surface area (Å²) in [6.45, 7) is 5.53. The number of rotatable bonds is 5. The molecule has 2 aliphatic rings. The van der Waals surface area contributed by atoms with E-state index in [2.05, 4.69) is 4.72 Å². The van der Waals surface area contributed by atoms with Crippen LogP contribution >= 0.6 is 0 Å². The Morgan fingerprint density at radius 2 is 2.04 bits per heavy atom. The van der Waals surface area contributed by atoms with Crippen molar-refractivity contribution in [2.75, 3.05) is 10.5 Å². The Balaban J connectivity index is 1.95. The zero-order valence-electron chi connectivity index (χ0n) is 14.5. The molecule has 0 amide bonds. The van der Waals surface area contributed by atoms with Gasteiger partial charge >= 0.3 is 0 Å². The Kier molecular flexibility index (Phi) is 3.94. The van der Waals surface area contributed by atoms with Crippen molar-refractivity contribution in [3.05, 3.63) is 33.9 Å². The number of fused-ring (bicyclic) bond motifs is 2. The zero-order chi connectivity index (χ0) is 18.6. The van der Waals surface area contributed by atoms with Crippen molar-refractivity contribution in [3.63, 3.8) is 0 Å². The van der Waals surface area contributed by atoms with Crippen LogP contribution in [0.25, 0.3) is 0 Å². The molecule has 0 radical (unpaired) electrons. The highest BCUT2D eigenvalue weighted by Gasteiger charge is 2.65. The first-order valence-corrected chi connectivity index (χ1v) is 9.93. The summed E-state index contributed by atoms with van der Waals surface area (Å²) in [6.07, 6.45) is 1.83. The van der Waals surface area contributed by atoms with Gasteiger partial charge in [-0.05, 0) is 36.7 Å². The lowest BCUT2D eigenvalue weighted by Gasteiger charge is -2.36. The van der Waals surface area contributed by atoms with E-state index in [1.807, 2.05) is 13.8 Å². The second-order valence-corrected chi connectivity index (χ2v) is 9.48. The van der Waals surface area contributed by atoms with Crippen molar-refractivity contribution in [2.45, 2.75) is 40.0 Å². The lowest BCUT2D eigenvalue weighted by molar-refractivity contribution is -0.383. The molecule has 2 bridgehead atoms. The summed E-state index contributed by atoms with van der Waals surface area (Å²) in [6, 6.07) is 4.38. The van der Waals surface area contributed by atoms with Gasteiger partial charge in [-0.25, -0.2) is 8.42 Å². The van der Waals surface area contributed by atoms with Gasteiger partial charge < -0.3 is 0 Å². The Morgan fingerprint density at radius 3 is 2.56 bits per heavy atom. The largest absolute Gasteiger partial charge is 0.299 e. The number of nitrogens with zero attached hydrogens (tertiary/aromatic N) is 1. The monoisotopic (exact) mass is 366 g/mol. The maximum atomic E-state index is 12.8. The van der Waals surface area contributed by atoms with Gasteiger partial charge in [0.1, 0.15) is 11.5 Å². The van der Waals surface area contributed by atoms with E-state index in [0.29, 0.717) is 18.4 Å². The van der Waals surface area contributed by atoms with E-state index in [1.54, 1.807) is 13.0 Å². The third-order valence-corrected chi connectivity index (χ3v) is 7.67. The predicted molar refractivity (Wildman–Crippen MR) is 93.8 cm³/mol. The SMILES string of the molecule is Cc1cccc([N+](=O)[O-])c1NS(=O)(=O)C[C@@]12CC[C@@H](CC1=O)C2(C)C. The van der Waals surface area contributed by atoms with Gasteiger partial charge in [-0.15, -0.1) is 0 Å². The number of carbonyl (C=O) groups is 1. The number of hydrogen-bond donors (Lipinski definition) is 1. The van der Waals surface area contributed by atoms with Gasteiger partial charge in [0.25, 0.3) is 5.69 Å². The topological polar surface area (TPSA) is 106 Å². The van der Waals surface area contributed by atoms with Crippen molar-refractivity contribution in [1.82, 2.24) is 0 Å². The van der Waals surface area contributed by atoms with Gasteiger partial charge in [-0.2, -0.15) is 0 Å². The minimum Gasteiger partial charge on any atom is -0.299 e. The minimum absolute atomic E-state index is 0.00147. The molecule has 0 aromatic heterocycles. The molecular weight excluding hydrogens is 344 g/mol. The Labute approximate surface area is 147 Å². The number of nitro benzene ring substituents is 1. The van der Waals surface area contributed by atoms with Crippen LogP contribution in [0.3, 0.4) is 0 Å². The summed E-state index contributed by atoms with van der Waals surface area (Å²) in [4.78, 5) is 23.1. The summed E-state index contributed by atoms with van der Waals surface area (Å²) < 4.78 is 28.0. The van der Waals surface area contributed by atoms with Crippen molar-refractivity contribution >= 4 is 27.2 Å². The first kappa shape index (κ1) is 17.8. The van der Waals surface area contributed by atoms with Crippen LogP contribution in [-0.4, -0.2) is 24.9 Å². The fourth-order valence-electron chi connectivity index (χ4n) is 4.56. The van der Waals surface area contributed by atoms with Gasteiger partial charge in [0.15, 0.2) is 0 Å². The van der Waals surface area contributed by atoms with Gasteiger partial charge in [0, 0.05) is 12.5 Å². The van der Waals surface area contributed by atoms with E-state index in [4.69, 9.17) is 0 Å². The van der Waals surface area contributed by atoms with Crippen LogP contribution in [0.4, 0.5) is 11.4 Å². The average Bonchev–Trinajstić information content (AvgIpc) is 2.82. The number of benzene rings is 1. The molecule has 0 heterocycles. The van der Waals surface area contributed by atoms with E-state index < -0.39 is 20.4 Å². The first-order valence-electron chi connectivity index (χ1n) is 8.28. The van der Waals surface area contributed by atoms with E-state index in [-0.39, 0.29) is 34.2 Å². The van der Waals surface area contributed by atoms with E-state index >= 15 is 0 Å². The van der Waals surface area contributed by atoms with Gasteiger partial charge in [0.05, 0.1) is 16.1 Å². The molecule has 2 atom stereocenters. The second-order valence-electron chi connectivity index (χ2n) is 7.75. The van der Waals surface area contributed by atoms with Crippen LogP contribution in [0.5, 0.6) is 0 Å². The molecule has 8 heteroatoms. The maximum absolute atomic E-state index is 12.8. The third kappa shape index (κ3) is 2.63. The number of anilines is 1. The molecule has 3 rings (SSSR count). The lowest BCUT2D eigenvalue weighted by atomic mass is 9.70. The quantitative estimate of drug-likeness (QED) is 0.637. The third-order valence-electron chi connectivity index (χ3n) is 6.28. The molecule has 1 N–H and O–H groups in total. The van der Waals surface area contributed by atoms with E-state index in [9.17, 15) is 23.3 Å². The van der Waals surface area contributed by atoms with E-state index in [0.717, 1.165) is 6.42 Å². The number of sulfonamides is 1. The summed E-state index contributed by atoms with van der Waals surface area (Å²) >= 11 is 0. The highest BCUT2D eigenvalue weighted by atomic mass is 32.2. The van der Waals surface area contributed by atoms with Gasteiger partial charge in [-0.3, -0.25) is 19.6 Å². The van der Waals surface area contributed by atoms with Crippen molar-refractivity contribution in [3.8, 4) is 0 Å². The molecule has 0 aliphatic heterocycles. The highest BCUT2D eigenvalue weighted by molar-refractivity contribution is 7.92. The first-order chi connectivity index (χ1) is 11.5. The molecule has 0 spiro atoms. The molecule has 136 valence electrons. The van der Waals surface area contributed by atoms with Gasteiger partial charge in [0.2, 0.25) is 10.0 Å². The van der Waals surface area contributed by atoms with E-state index in [1.165, 1.54) is 12.1 Å². The summed E-state index contributed by atoms with van der Waals surface area (Å²) in [5, 5.41) is 11.2. The molecule has 0 unspecified atom stereocenters. The summed E-state index contributed by atoms with van der Waals surface area (Å²) in [5.41, 5.74) is -1.13. The van der Waals surface area contributed by atoms with Crippen LogP contribution in [-0.2, 0) is 14.8 Å². The number of hydrogen-bond acceptors (Lipinski definition) is 5. The Bertz CT molecular complexity index is 862. The van der Waals surface area contributed by atoms with Crippen molar-refractivity contribution in [1.29, 1.82) is 0 Å². The molecule has 25 heavy (non-hydrogen) atoms. The number of para-hydroxylation sites is 1. The number of carbonyl (C=O) groups excluding carboxylic acids is 1. The molecule has 2 saturated carbocycles. The van der Waals surface area contributed by atoms with Gasteiger partial charge in [-0.1, -0.05) is 26.0 Å². The fraction of sp³-hybridized carbons (Fsp3) is 0.588. The predicted octanol–water partition coefficient (Wildman–Crippen LogP) is 3.04. The standard InChI is InChI=1S/C17H22N2O5S/c1-11-5-4-6-13(19(21)22)15(11)18-25(23,24)10-17-8-7-12(9-14(17)20)16(17,2)3/h4-6,12,18H,7-10H2,1-3H3/t12-,17-/m0/s1. The fourth-order valence-corrected chi connectivity index (χ4v) is 6.54. The van der Waals surface area contributed by atoms with Crippen molar-refractivity contribution in [2.24, 2.45) is 16.7 Å². The smallest absolute Gasteiger partial charge is 0.293 e. The molecule has 7 nitrogen and oxygen atoms in total.